The molecule has 1 aromatic carbocycles. The molecule has 2 saturated heterocycles. The number of nitrogens with one attached hydrogen (secondary N) is 2. The van der Waals surface area contributed by atoms with Gasteiger partial charge in [-0.05, 0) is 37.8 Å². The number of nitrogens with zero attached hydrogens (tertiary/aromatic N) is 2. The van der Waals surface area contributed by atoms with E-state index in [1.807, 2.05) is 30.3 Å². The Kier molecular flexibility index (Phi) is 7.45. The predicted molar refractivity (Wildman–Crippen MR) is 121 cm³/mol. The molecule has 2 N–H and O–H groups in total. The Balaban J connectivity index is 1.32. The Morgan fingerprint density at radius 3 is 2.48 bits per heavy atom. The van der Waals surface area contributed by atoms with Gasteiger partial charge in [0, 0.05) is 44.0 Å². The molecule has 1 aromatic rings. The van der Waals surface area contributed by atoms with Gasteiger partial charge in [-0.3, -0.25) is 9.69 Å². The minimum absolute atomic E-state index is 0.0662. The Hall–Kier alpha value is -2.12. The summed E-state index contributed by atoms with van der Waals surface area (Å²) in [6, 6.07) is 9.35. The van der Waals surface area contributed by atoms with Gasteiger partial charge in [0.15, 0.2) is 0 Å². The van der Waals surface area contributed by atoms with Crippen LogP contribution in [-0.4, -0.2) is 73.2 Å². The van der Waals surface area contributed by atoms with Gasteiger partial charge < -0.3 is 20.3 Å². The first kappa shape index (κ1) is 22.1. The van der Waals surface area contributed by atoms with Crippen molar-refractivity contribution in [2.24, 2.45) is 5.92 Å². The van der Waals surface area contributed by atoms with Crippen molar-refractivity contribution >= 4 is 17.6 Å². The molecule has 1 saturated carbocycles. The Bertz CT molecular complexity index is 730. The molecule has 3 aliphatic rings. The second kappa shape index (κ2) is 10.5. The molecular formula is C24H36N4O3. The lowest BCUT2D eigenvalue weighted by Crippen LogP contribution is -2.60. The number of carbonyl (C=O) groups excluding carboxylic acids is 2. The Morgan fingerprint density at radius 2 is 1.74 bits per heavy atom. The van der Waals surface area contributed by atoms with Crippen LogP contribution in [0.4, 0.5) is 10.5 Å². The number of amides is 3. The van der Waals surface area contributed by atoms with Gasteiger partial charge in [-0.1, -0.05) is 37.5 Å². The van der Waals surface area contributed by atoms with E-state index in [1.54, 1.807) is 4.90 Å². The molecule has 2 heterocycles. The van der Waals surface area contributed by atoms with Crippen LogP contribution in [0.3, 0.4) is 0 Å². The highest BCUT2D eigenvalue weighted by atomic mass is 16.5. The summed E-state index contributed by atoms with van der Waals surface area (Å²) in [6.45, 7) is 5.35. The summed E-state index contributed by atoms with van der Waals surface area (Å²) in [4.78, 5) is 30.1. The zero-order valence-electron chi connectivity index (χ0n) is 18.5. The van der Waals surface area contributed by atoms with Gasteiger partial charge in [-0.2, -0.15) is 0 Å². The number of para-hydroxylation sites is 1. The molecule has 7 heteroatoms. The highest BCUT2D eigenvalue weighted by Crippen LogP contribution is 2.34. The van der Waals surface area contributed by atoms with Gasteiger partial charge in [-0.15, -0.1) is 0 Å². The summed E-state index contributed by atoms with van der Waals surface area (Å²) < 4.78 is 5.56. The Morgan fingerprint density at radius 1 is 1.00 bits per heavy atom. The molecule has 0 unspecified atom stereocenters. The van der Waals surface area contributed by atoms with Crippen molar-refractivity contribution < 1.29 is 14.3 Å². The fourth-order valence-corrected chi connectivity index (χ4v) is 5.35. The lowest BCUT2D eigenvalue weighted by atomic mass is 9.79. The first-order valence-corrected chi connectivity index (χ1v) is 11.9. The fraction of sp³-hybridized carbons (Fsp3) is 0.667. The number of morpholine rings is 1. The number of anilines is 1. The van der Waals surface area contributed by atoms with Crippen LogP contribution in [0.2, 0.25) is 0 Å². The summed E-state index contributed by atoms with van der Waals surface area (Å²) in [5, 5.41) is 6.23. The van der Waals surface area contributed by atoms with Crippen LogP contribution < -0.4 is 10.6 Å². The number of rotatable bonds is 5. The highest BCUT2D eigenvalue weighted by Gasteiger charge is 2.39. The molecule has 1 atom stereocenters. The number of ether oxygens (including phenoxy) is 1. The van der Waals surface area contributed by atoms with Crippen LogP contribution >= 0.6 is 0 Å². The van der Waals surface area contributed by atoms with Crippen LogP contribution in [-0.2, 0) is 9.53 Å². The van der Waals surface area contributed by atoms with E-state index in [-0.39, 0.29) is 23.4 Å². The lowest BCUT2D eigenvalue weighted by Gasteiger charge is -2.48. The summed E-state index contributed by atoms with van der Waals surface area (Å²) in [7, 11) is 0. The van der Waals surface area contributed by atoms with Gasteiger partial charge in [0.1, 0.15) is 0 Å². The van der Waals surface area contributed by atoms with Crippen LogP contribution in [0.25, 0.3) is 0 Å². The van der Waals surface area contributed by atoms with Crippen molar-refractivity contribution in [1.29, 1.82) is 0 Å². The van der Waals surface area contributed by atoms with Gasteiger partial charge in [0.05, 0.1) is 19.1 Å². The first-order valence-electron chi connectivity index (χ1n) is 11.9. The smallest absolute Gasteiger partial charge is 0.321 e. The lowest BCUT2D eigenvalue weighted by molar-refractivity contribution is -0.127. The van der Waals surface area contributed by atoms with Crippen molar-refractivity contribution in [2.75, 3.05) is 51.3 Å². The van der Waals surface area contributed by atoms with Crippen molar-refractivity contribution in [3.8, 4) is 0 Å². The summed E-state index contributed by atoms with van der Waals surface area (Å²) >= 11 is 0. The molecule has 4 rings (SSSR count). The van der Waals surface area contributed by atoms with Gasteiger partial charge in [0.25, 0.3) is 0 Å². The number of carbonyl (C=O) groups is 2. The van der Waals surface area contributed by atoms with Crippen molar-refractivity contribution in [1.82, 2.24) is 15.1 Å². The molecule has 170 valence electrons. The third-order valence-electron chi connectivity index (χ3n) is 7.16. The van der Waals surface area contributed by atoms with Gasteiger partial charge in [0.2, 0.25) is 5.91 Å². The predicted octanol–water partition coefficient (Wildman–Crippen LogP) is 3.08. The molecular weight excluding hydrogens is 392 g/mol. The molecule has 0 bridgehead atoms. The molecule has 1 aliphatic carbocycles. The minimum Gasteiger partial charge on any atom is -0.379 e. The zero-order chi connectivity index (χ0) is 21.5. The van der Waals surface area contributed by atoms with E-state index >= 15 is 0 Å². The maximum absolute atomic E-state index is 13.1. The van der Waals surface area contributed by atoms with Crippen LogP contribution in [0.1, 0.15) is 44.9 Å². The van der Waals surface area contributed by atoms with E-state index in [0.717, 1.165) is 57.7 Å². The van der Waals surface area contributed by atoms with Crippen LogP contribution in [0.5, 0.6) is 0 Å². The number of hydrogen-bond acceptors (Lipinski definition) is 4. The number of benzene rings is 1. The molecule has 0 spiro atoms. The van der Waals surface area contributed by atoms with Gasteiger partial charge in [-0.25, -0.2) is 4.79 Å². The largest absolute Gasteiger partial charge is 0.379 e. The van der Waals surface area contributed by atoms with Crippen molar-refractivity contribution in [3.05, 3.63) is 30.3 Å². The standard InChI is InChI=1S/C24H36N4O3/c29-22(25-19-24(11-5-2-6-12-24)28-14-16-31-17-15-28)20-8-7-13-27(18-20)23(30)26-21-9-3-1-4-10-21/h1,3-4,9-10,20H,2,5-8,11-19H2,(H,25,29)(H,26,30)/t20-/m0/s1. The van der Waals surface area contributed by atoms with E-state index in [4.69, 9.17) is 4.74 Å². The zero-order valence-corrected chi connectivity index (χ0v) is 18.5. The average Bonchev–Trinajstić information content (AvgIpc) is 2.84. The molecule has 2 aliphatic heterocycles. The second-order valence-corrected chi connectivity index (χ2v) is 9.18. The van der Waals surface area contributed by atoms with Crippen molar-refractivity contribution in [2.45, 2.75) is 50.5 Å². The average molecular weight is 429 g/mol. The van der Waals surface area contributed by atoms with E-state index in [1.165, 1.54) is 19.3 Å². The highest BCUT2D eigenvalue weighted by molar-refractivity contribution is 5.90. The number of piperidine rings is 1. The summed E-state index contributed by atoms with van der Waals surface area (Å²) in [6.07, 6.45) is 7.72. The number of hydrogen-bond donors (Lipinski definition) is 2. The third kappa shape index (κ3) is 5.57. The van der Waals surface area contributed by atoms with E-state index in [9.17, 15) is 9.59 Å². The molecule has 3 amide bonds. The quantitative estimate of drug-likeness (QED) is 0.756. The monoisotopic (exact) mass is 428 g/mol. The maximum atomic E-state index is 13.1. The number of likely N-dealkylation sites (tertiary alicyclic amines) is 1. The molecule has 0 radical (unpaired) electrons. The summed E-state index contributed by atoms with van der Waals surface area (Å²) in [5.74, 6) is -0.0453. The molecule has 3 fully saturated rings. The second-order valence-electron chi connectivity index (χ2n) is 9.18. The van der Waals surface area contributed by atoms with E-state index < -0.39 is 0 Å². The molecule has 0 aromatic heterocycles. The van der Waals surface area contributed by atoms with Crippen LogP contribution in [0, 0.1) is 5.92 Å². The fourth-order valence-electron chi connectivity index (χ4n) is 5.35. The third-order valence-corrected chi connectivity index (χ3v) is 7.16. The molecule has 7 nitrogen and oxygen atoms in total. The summed E-state index contributed by atoms with van der Waals surface area (Å²) in [5.41, 5.74) is 0.848. The maximum Gasteiger partial charge on any atom is 0.321 e. The van der Waals surface area contributed by atoms with E-state index in [0.29, 0.717) is 19.6 Å². The number of urea groups is 1. The Labute approximate surface area is 185 Å². The SMILES string of the molecule is O=C(NCC1(N2CCOCC2)CCCCC1)[C@H]1CCCN(C(=O)Nc2ccccc2)C1. The normalized spacial score (nSPS) is 24.4. The molecule has 31 heavy (non-hydrogen) atoms. The minimum atomic E-state index is -0.138. The van der Waals surface area contributed by atoms with Gasteiger partial charge >= 0.3 is 6.03 Å². The van der Waals surface area contributed by atoms with E-state index in [2.05, 4.69) is 15.5 Å². The topological polar surface area (TPSA) is 73.9 Å². The van der Waals surface area contributed by atoms with Crippen molar-refractivity contribution in [3.63, 3.8) is 0 Å². The van der Waals surface area contributed by atoms with Crippen LogP contribution in [0.15, 0.2) is 30.3 Å². The first-order chi connectivity index (χ1) is 15.2.